The molecular formula is C5H10ClN. The highest BCUT2D eigenvalue weighted by Crippen LogP contribution is 1.97. The second-order valence-corrected chi connectivity index (χ2v) is 1.97. The van der Waals surface area contributed by atoms with Crippen molar-refractivity contribution in [2.45, 2.75) is 11.8 Å². The minimum atomic E-state index is 0.0810. The lowest BCUT2D eigenvalue weighted by molar-refractivity contribution is 0.866. The van der Waals surface area contributed by atoms with Crippen LogP contribution >= 0.6 is 11.6 Å². The number of nitrogens with two attached hydrogens (primary N) is 1. The van der Waals surface area contributed by atoms with Gasteiger partial charge >= 0.3 is 0 Å². The Labute approximate surface area is 49.2 Å². The number of rotatable bonds is 3. The van der Waals surface area contributed by atoms with Crippen LogP contribution in [0.1, 0.15) is 6.42 Å². The van der Waals surface area contributed by atoms with Gasteiger partial charge in [-0.2, -0.15) is 0 Å². The first-order valence-electron chi connectivity index (χ1n) is 2.26. The first-order valence-corrected chi connectivity index (χ1v) is 2.70. The Hall–Kier alpha value is -0.0100. The fraction of sp³-hybridized carbons (Fsp3) is 0.600. The van der Waals surface area contributed by atoms with Gasteiger partial charge in [-0.05, 0) is 6.42 Å². The third kappa shape index (κ3) is 3.83. The number of halogens is 1. The molecule has 42 valence electrons. The molecule has 0 aliphatic rings. The molecule has 0 heterocycles. The van der Waals surface area contributed by atoms with Gasteiger partial charge in [0.2, 0.25) is 0 Å². The monoisotopic (exact) mass is 119 g/mol. The molecule has 0 rings (SSSR count). The van der Waals surface area contributed by atoms with Gasteiger partial charge in [0.1, 0.15) is 0 Å². The van der Waals surface area contributed by atoms with Crippen LogP contribution in [0.5, 0.6) is 0 Å². The summed E-state index contributed by atoms with van der Waals surface area (Å²) in [6.45, 7) is 4.04. The minimum absolute atomic E-state index is 0.0810. The summed E-state index contributed by atoms with van der Waals surface area (Å²) in [4.78, 5) is 0. The average molecular weight is 120 g/mol. The molecule has 7 heavy (non-hydrogen) atoms. The van der Waals surface area contributed by atoms with Crippen molar-refractivity contribution in [3.63, 3.8) is 0 Å². The highest BCUT2D eigenvalue weighted by molar-refractivity contribution is 6.20. The standard InChI is InChI=1S/C5H10ClN/c1-2-3-5(6)4-7/h2,5H,1,3-4,7H2/t5-/m0/s1. The van der Waals surface area contributed by atoms with E-state index in [9.17, 15) is 0 Å². The van der Waals surface area contributed by atoms with E-state index < -0.39 is 0 Å². The largest absolute Gasteiger partial charge is 0.329 e. The van der Waals surface area contributed by atoms with Crippen LogP contribution in [0.15, 0.2) is 12.7 Å². The van der Waals surface area contributed by atoms with Gasteiger partial charge in [-0.15, -0.1) is 18.2 Å². The Bertz CT molecular complexity index is 54.0. The number of alkyl halides is 1. The van der Waals surface area contributed by atoms with Crippen molar-refractivity contribution >= 4 is 11.6 Å². The Kier molecular flexibility index (Phi) is 4.15. The van der Waals surface area contributed by atoms with Crippen molar-refractivity contribution in [1.82, 2.24) is 0 Å². The van der Waals surface area contributed by atoms with Gasteiger partial charge in [0.05, 0.1) is 0 Å². The van der Waals surface area contributed by atoms with E-state index in [-0.39, 0.29) is 5.38 Å². The Morgan fingerprint density at radius 1 is 1.86 bits per heavy atom. The fourth-order valence-corrected chi connectivity index (χ4v) is 0.403. The zero-order valence-electron chi connectivity index (χ0n) is 4.23. The first kappa shape index (κ1) is 6.99. The molecule has 2 N–H and O–H groups in total. The summed E-state index contributed by atoms with van der Waals surface area (Å²) in [5.41, 5.74) is 5.18. The van der Waals surface area contributed by atoms with Crippen LogP contribution in [-0.2, 0) is 0 Å². The topological polar surface area (TPSA) is 26.0 Å². The average Bonchev–Trinajstić information content (AvgIpc) is 1.68. The minimum Gasteiger partial charge on any atom is -0.329 e. The molecule has 0 bridgehead atoms. The second-order valence-electron chi connectivity index (χ2n) is 1.36. The molecule has 0 saturated heterocycles. The van der Waals surface area contributed by atoms with Crippen LogP contribution in [0.4, 0.5) is 0 Å². The Morgan fingerprint density at radius 3 is 2.57 bits per heavy atom. The molecule has 0 saturated carbocycles. The van der Waals surface area contributed by atoms with E-state index in [0.717, 1.165) is 6.42 Å². The molecule has 0 aliphatic carbocycles. The van der Waals surface area contributed by atoms with E-state index in [1.165, 1.54) is 0 Å². The van der Waals surface area contributed by atoms with Crippen molar-refractivity contribution in [2.24, 2.45) is 5.73 Å². The SMILES string of the molecule is C=CC[C@H](Cl)CN. The summed E-state index contributed by atoms with van der Waals surface area (Å²) in [5.74, 6) is 0. The number of hydrogen-bond donors (Lipinski definition) is 1. The van der Waals surface area contributed by atoms with Crippen molar-refractivity contribution < 1.29 is 0 Å². The maximum Gasteiger partial charge on any atom is 0.0492 e. The number of hydrogen-bond acceptors (Lipinski definition) is 1. The van der Waals surface area contributed by atoms with Crippen molar-refractivity contribution in [3.05, 3.63) is 12.7 Å². The van der Waals surface area contributed by atoms with Gasteiger partial charge in [0, 0.05) is 11.9 Å². The molecule has 1 nitrogen and oxygen atoms in total. The van der Waals surface area contributed by atoms with Crippen LogP contribution < -0.4 is 5.73 Å². The summed E-state index contributed by atoms with van der Waals surface area (Å²) in [6, 6.07) is 0. The molecule has 0 aliphatic heterocycles. The van der Waals surface area contributed by atoms with E-state index in [0.29, 0.717) is 6.54 Å². The lowest BCUT2D eigenvalue weighted by Gasteiger charge is -1.97. The smallest absolute Gasteiger partial charge is 0.0492 e. The van der Waals surface area contributed by atoms with E-state index in [2.05, 4.69) is 6.58 Å². The highest BCUT2D eigenvalue weighted by atomic mass is 35.5. The van der Waals surface area contributed by atoms with Gasteiger partial charge in [0.15, 0.2) is 0 Å². The summed E-state index contributed by atoms with van der Waals surface area (Å²) < 4.78 is 0. The molecule has 0 spiro atoms. The van der Waals surface area contributed by atoms with Gasteiger partial charge in [-0.1, -0.05) is 6.08 Å². The van der Waals surface area contributed by atoms with Crippen LogP contribution in [0.3, 0.4) is 0 Å². The van der Waals surface area contributed by atoms with Crippen LogP contribution in [0.25, 0.3) is 0 Å². The van der Waals surface area contributed by atoms with Gasteiger partial charge in [0.25, 0.3) is 0 Å². The highest BCUT2D eigenvalue weighted by Gasteiger charge is 1.93. The Balaban J connectivity index is 2.98. The van der Waals surface area contributed by atoms with Crippen molar-refractivity contribution in [3.8, 4) is 0 Å². The molecule has 0 aromatic carbocycles. The summed E-state index contributed by atoms with van der Waals surface area (Å²) in [6.07, 6.45) is 2.57. The molecule has 0 radical (unpaired) electrons. The zero-order chi connectivity index (χ0) is 5.70. The van der Waals surface area contributed by atoms with E-state index in [4.69, 9.17) is 17.3 Å². The van der Waals surface area contributed by atoms with Gasteiger partial charge < -0.3 is 5.73 Å². The van der Waals surface area contributed by atoms with Crippen LogP contribution in [0, 0.1) is 0 Å². The van der Waals surface area contributed by atoms with Crippen molar-refractivity contribution in [1.29, 1.82) is 0 Å². The van der Waals surface area contributed by atoms with Crippen LogP contribution in [-0.4, -0.2) is 11.9 Å². The molecule has 2 heteroatoms. The predicted molar refractivity (Wildman–Crippen MR) is 33.5 cm³/mol. The molecule has 0 fully saturated rings. The van der Waals surface area contributed by atoms with Gasteiger partial charge in [-0.3, -0.25) is 0 Å². The maximum atomic E-state index is 5.57. The Morgan fingerprint density at radius 2 is 2.43 bits per heavy atom. The molecule has 1 atom stereocenters. The summed E-state index contributed by atoms with van der Waals surface area (Å²) in [7, 11) is 0. The van der Waals surface area contributed by atoms with Crippen LogP contribution in [0.2, 0.25) is 0 Å². The predicted octanol–water partition coefficient (Wildman–Crippen LogP) is 1.13. The third-order valence-electron chi connectivity index (χ3n) is 0.678. The molecule has 0 aromatic rings. The van der Waals surface area contributed by atoms with Gasteiger partial charge in [-0.25, -0.2) is 0 Å². The van der Waals surface area contributed by atoms with E-state index >= 15 is 0 Å². The lowest BCUT2D eigenvalue weighted by atomic mass is 10.3. The summed E-state index contributed by atoms with van der Waals surface area (Å²) >= 11 is 5.57. The first-order chi connectivity index (χ1) is 3.31. The molecule has 0 unspecified atom stereocenters. The molecule has 0 amide bonds. The molecule has 0 aromatic heterocycles. The quantitative estimate of drug-likeness (QED) is 0.438. The van der Waals surface area contributed by atoms with Crippen molar-refractivity contribution in [2.75, 3.05) is 6.54 Å². The van der Waals surface area contributed by atoms with E-state index in [1.54, 1.807) is 6.08 Å². The fourth-order valence-electron chi connectivity index (χ4n) is 0.277. The number of allylic oxidation sites excluding steroid dienone is 1. The summed E-state index contributed by atoms with van der Waals surface area (Å²) in [5, 5.41) is 0.0810. The third-order valence-corrected chi connectivity index (χ3v) is 1.03. The van der Waals surface area contributed by atoms with E-state index in [1.807, 2.05) is 0 Å². The molecular weight excluding hydrogens is 110 g/mol. The normalized spacial score (nSPS) is 13.4. The second kappa shape index (κ2) is 4.16. The maximum absolute atomic E-state index is 5.57. The lowest BCUT2D eigenvalue weighted by Crippen LogP contribution is -2.12. The zero-order valence-corrected chi connectivity index (χ0v) is 4.99.